The predicted octanol–water partition coefficient (Wildman–Crippen LogP) is 2.28. The molecule has 6 N–H and O–H groups in total. The molecule has 0 aromatic carbocycles. The van der Waals surface area contributed by atoms with Gasteiger partial charge in [0, 0.05) is 13.0 Å². The van der Waals surface area contributed by atoms with Gasteiger partial charge in [0.2, 0.25) is 0 Å². The molecule has 8 nitrogen and oxygen atoms in total. The molecule has 0 heterocycles. The molecular formula is C14H33NO7S. The Morgan fingerprint density at radius 3 is 1.48 bits per heavy atom. The van der Waals surface area contributed by atoms with Gasteiger partial charge in [0.1, 0.15) is 0 Å². The van der Waals surface area contributed by atoms with E-state index in [1.54, 1.807) is 0 Å². The van der Waals surface area contributed by atoms with Crippen LogP contribution in [-0.2, 0) is 15.2 Å². The average Bonchev–Trinajstić information content (AvgIpc) is 2.44. The summed E-state index contributed by atoms with van der Waals surface area (Å²) in [5.41, 5.74) is 4.78. The zero-order valence-electron chi connectivity index (χ0n) is 14.0. The summed E-state index contributed by atoms with van der Waals surface area (Å²) < 4.78 is 31.6. The first kappa shape index (κ1) is 27.1. The van der Waals surface area contributed by atoms with Crippen molar-refractivity contribution in [1.29, 1.82) is 0 Å². The van der Waals surface area contributed by atoms with Crippen molar-refractivity contribution < 1.29 is 32.5 Å². The van der Waals surface area contributed by atoms with Crippen LogP contribution in [0.4, 0.5) is 0 Å². The molecule has 23 heavy (non-hydrogen) atoms. The molecule has 0 aliphatic heterocycles. The Morgan fingerprint density at radius 2 is 1.22 bits per heavy atom. The van der Waals surface area contributed by atoms with Crippen LogP contribution >= 0.6 is 0 Å². The third-order valence-electron chi connectivity index (χ3n) is 2.62. The number of carboxylic acids is 1. The molecule has 0 fully saturated rings. The quantitative estimate of drug-likeness (QED) is 0.277. The highest BCUT2D eigenvalue weighted by Crippen LogP contribution is 2.10. The Bertz CT molecular complexity index is 324. The Morgan fingerprint density at radius 1 is 0.913 bits per heavy atom. The first-order valence-electron chi connectivity index (χ1n) is 7.91. The summed E-state index contributed by atoms with van der Waals surface area (Å²) in [6, 6.07) is 0. The number of rotatable bonds is 11. The number of aliphatic carboxylic acids is 1. The monoisotopic (exact) mass is 359 g/mol. The van der Waals surface area contributed by atoms with Crippen molar-refractivity contribution in [2.45, 2.75) is 71.1 Å². The minimum Gasteiger partial charge on any atom is -0.481 e. The van der Waals surface area contributed by atoms with Crippen LogP contribution in [0.5, 0.6) is 0 Å². The van der Waals surface area contributed by atoms with Gasteiger partial charge in [-0.2, -0.15) is 8.42 Å². The minimum atomic E-state index is -4.67. The van der Waals surface area contributed by atoms with Gasteiger partial charge in [0.15, 0.2) is 0 Å². The zero-order valence-corrected chi connectivity index (χ0v) is 14.8. The summed E-state index contributed by atoms with van der Waals surface area (Å²) in [4.78, 5) is 10.2. The Balaban J connectivity index is -0.000000365. The summed E-state index contributed by atoms with van der Waals surface area (Å²) in [6.07, 6.45) is 11.5. The summed E-state index contributed by atoms with van der Waals surface area (Å²) in [5.74, 6) is -0.659. The second-order valence-corrected chi connectivity index (χ2v) is 5.83. The van der Waals surface area contributed by atoms with Gasteiger partial charge in [-0.3, -0.25) is 13.9 Å². The predicted molar refractivity (Wildman–Crippen MR) is 89.8 cm³/mol. The number of carbonyl (C=O) groups is 1. The fourth-order valence-corrected chi connectivity index (χ4v) is 1.59. The Hall–Kier alpha value is -0.740. The Kier molecular flexibility index (Phi) is 25.1. The normalized spacial score (nSPS) is 10.1. The molecule has 142 valence electrons. The molecule has 0 radical (unpaired) electrons. The van der Waals surface area contributed by atoms with Crippen molar-refractivity contribution in [3.63, 3.8) is 0 Å². The maximum Gasteiger partial charge on any atom is 0.394 e. The number of hydrogen-bond donors (Lipinski definition) is 5. The second-order valence-electron chi connectivity index (χ2n) is 4.93. The smallest absolute Gasteiger partial charge is 0.394 e. The number of nitrogens with two attached hydrogens (primary N) is 1. The van der Waals surface area contributed by atoms with Crippen LogP contribution in [0.3, 0.4) is 0 Å². The van der Waals surface area contributed by atoms with Crippen molar-refractivity contribution in [1.82, 2.24) is 0 Å². The van der Waals surface area contributed by atoms with Gasteiger partial charge in [0.05, 0.1) is 6.61 Å². The van der Waals surface area contributed by atoms with Gasteiger partial charge in [0.25, 0.3) is 0 Å². The standard InChI is InChI=1S/C12H24O2.C2H7NO.H2O4S/c1-2-3-4-5-6-7-8-9-10-11-12(13)14;3-1-2-4;1-5(2,3)4/h2-11H2,1H3,(H,13,14);4H,1-3H2;(H2,1,2,3,4). The third-order valence-corrected chi connectivity index (χ3v) is 2.62. The van der Waals surface area contributed by atoms with Crippen LogP contribution < -0.4 is 5.73 Å². The van der Waals surface area contributed by atoms with Crippen molar-refractivity contribution in [2.75, 3.05) is 13.2 Å². The topological polar surface area (TPSA) is 158 Å². The lowest BCUT2D eigenvalue weighted by Gasteiger charge is -2.00. The molecule has 9 heteroatoms. The molecule has 0 saturated carbocycles. The van der Waals surface area contributed by atoms with Gasteiger partial charge in [-0.25, -0.2) is 0 Å². The van der Waals surface area contributed by atoms with Gasteiger partial charge in [-0.1, -0.05) is 58.3 Å². The molecule has 0 spiro atoms. The van der Waals surface area contributed by atoms with Crippen LogP contribution in [-0.4, -0.2) is 46.9 Å². The Labute approximate surface area is 139 Å². The van der Waals surface area contributed by atoms with Gasteiger partial charge < -0.3 is 15.9 Å². The molecule has 0 aromatic rings. The highest BCUT2D eigenvalue weighted by Gasteiger charge is 1.96. The van der Waals surface area contributed by atoms with E-state index in [9.17, 15) is 4.79 Å². The lowest BCUT2D eigenvalue weighted by molar-refractivity contribution is -0.137. The molecule has 0 bridgehead atoms. The molecular weight excluding hydrogens is 326 g/mol. The molecule has 0 atom stereocenters. The number of hydrogen-bond acceptors (Lipinski definition) is 5. The lowest BCUT2D eigenvalue weighted by Crippen LogP contribution is -2.02. The first-order chi connectivity index (χ1) is 10.7. The molecule has 0 saturated heterocycles. The largest absolute Gasteiger partial charge is 0.481 e. The van der Waals surface area contributed by atoms with Crippen LogP contribution in [0.1, 0.15) is 71.1 Å². The molecule has 0 aromatic heterocycles. The van der Waals surface area contributed by atoms with Crippen LogP contribution in [0.25, 0.3) is 0 Å². The minimum absolute atomic E-state index is 0.0972. The van der Waals surface area contributed by atoms with E-state index in [1.807, 2.05) is 0 Å². The van der Waals surface area contributed by atoms with E-state index in [2.05, 4.69) is 6.92 Å². The van der Waals surface area contributed by atoms with E-state index < -0.39 is 16.4 Å². The average molecular weight is 359 g/mol. The van der Waals surface area contributed by atoms with E-state index in [-0.39, 0.29) is 6.61 Å². The summed E-state index contributed by atoms with van der Waals surface area (Å²) in [6.45, 7) is 2.70. The molecule has 0 aliphatic rings. The fraction of sp³-hybridized carbons (Fsp3) is 0.929. The van der Waals surface area contributed by atoms with E-state index in [4.69, 9.17) is 33.5 Å². The molecule has 0 unspecified atom stereocenters. The van der Waals surface area contributed by atoms with E-state index in [1.165, 1.54) is 44.9 Å². The van der Waals surface area contributed by atoms with Crippen LogP contribution in [0.2, 0.25) is 0 Å². The van der Waals surface area contributed by atoms with Crippen molar-refractivity contribution in [2.24, 2.45) is 5.73 Å². The third kappa shape index (κ3) is 62.2. The number of unbranched alkanes of at least 4 members (excludes halogenated alkanes) is 8. The molecule has 0 rings (SSSR count). The van der Waals surface area contributed by atoms with Gasteiger partial charge in [-0.15, -0.1) is 0 Å². The summed E-state index contributed by atoms with van der Waals surface area (Å²) in [7, 11) is -4.67. The van der Waals surface area contributed by atoms with Crippen molar-refractivity contribution in [3.8, 4) is 0 Å². The zero-order chi connectivity index (χ0) is 18.6. The number of aliphatic hydroxyl groups excluding tert-OH is 1. The van der Waals surface area contributed by atoms with Crippen LogP contribution in [0, 0.1) is 0 Å². The number of carboxylic acid groups (broad SMARTS) is 1. The number of aliphatic hydroxyl groups is 1. The second kappa shape index (κ2) is 21.3. The van der Waals surface area contributed by atoms with E-state index in [0.29, 0.717) is 13.0 Å². The van der Waals surface area contributed by atoms with Gasteiger partial charge in [-0.05, 0) is 6.42 Å². The van der Waals surface area contributed by atoms with Crippen LogP contribution in [0.15, 0.2) is 0 Å². The van der Waals surface area contributed by atoms with Crippen molar-refractivity contribution >= 4 is 16.4 Å². The van der Waals surface area contributed by atoms with E-state index in [0.717, 1.165) is 12.8 Å². The van der Waals surface area contributed by atoms with E-state index >= 15 is 0 Å². The highest BCUT2D eigenvalue weighted by molar-refractivity contribution is 7.79. The SMILES string of the molecule is CCCCCCCCCCCC(=O)O.NCCO.O=S(=O)(O)O. The lowest BCUT2D eigenvalue weighted by atomic mass is 10.1. The maximum atomic E-state index is 10.2. The van der Waals surface area contributed by atoms with Crippen molar-refractivity contribution in [3.05, 3.63) is 0 Å². The maximum absolute atomic E-state index is 10.2. The highest BCUT2D eigenvalue weighted by atomic mass is 32.3. The molecule has 0 aliphatic carbocycles. The van der Waals surface area contributed by atoms with Gasteiger partial charge >= 0.3 is 16.4 Å². The summed E-state index contributed by atoms with van der Waals surface area (Å²) >= 11 is 0. The summed E-state index contributed by atoms with van der Waals surface area (Å²) in [5, 5.41) is 16.2. The molecule has 0 amide bonds. The fourth-order valence-electron chi connectivity index (χ4n) is 1.59. The first-order valence-corrected chi connectivity index (χ1v) is 9.31.